The van der Waals surface area contributed by atoms with Crippen molar-refractivity contribution >= 4 is 17.5 Å². The van der Waals surface area contributed by atoms with Crippen LogP contribution in [0.15, 0.2) is 34.9 Å². The minimum Gasteiger partial charge on any atom is -0.355 e. The predicted octanol–water partition coefficient (Wildman–Crippen LogP) is 4.01. The molecule has 21 heavy (non-hydrogen) atoms. The number of halogens is 1. The Hall–Kier alpha value is -1.81. The van der Waals surface area contributed by atoms with Crippen LogP contribution in [-0.4, -0.2) is 28.6 Å². The van der Waals surface area contributed by atoms with Gasteiger partial charge in [0, 0.05) is 29.2 Å². The number of piperidine rings is 1. The van der Waals surface area contributed by atoms with Gasteiger partial charge >= 0.3 is 0 Å². The van der Waals surface area contributed by atoms with Crippen molar-refractivity contribution < 1.29 is 9.32 Å². The number of amides is 1. The number of aromatic nitrogens is 1. The Bertz CT molecular complexity index is 636. The minimum atomic E-state index is -0.0498. The number of carbonyl (C=O) groups is 1. The molecule has 1 amide bonds. The fourth-order valence-corrected chi connectivity index (χ4v) is 2.80. The molecule has 0 unspecified atom stereocenters. The molecular formula is C16H17ClN2O2. The molecule has 1 aliphatic rings. The Kier molecular flexibility index (Phi) is 3.97. The zero-order valence-corrected chi connectivity index (χ0v) is 12.6. The zero-order valence-electron chi connectivity index (χ0n) is 11.9. The Morgan fingerprint density at radius 3 is 2.81 bits per heavy atom. The van der Waals surface area contributed by atoms with Crippen LogP contribution in [0.5, 0.6) is 0 Å². The quantitative estimate of drug-likeness (QED) is 0.842. The molecule has 0 radical (unpaired) electrons. The van der Waals surface area contributed by atoms with E-state index in [1.54, 1.807) is 18.2 Å². The van der Waals surface area contributed by atoms with Crippen LogP contribution in [0, 0.1) is 0 Å². The summed E-state index contributed by atoms with van der Waals surface area (Å²) in [6.45, 7) is 2.88. The van der Waals surface area contributed by atoms with Crippen LogP contribution in [0.4, 0.5) is 0 Å². The molecule has 1 atom stereocenters. The van der Waals surface area contributed by atoms with E-state index in [2.05, 4.69) is 12.1 Å². The molecule has 5 heteroatoms. The number of benzene rings is 1. The van der Waals surface area contributed by atoms with Gasteiger partial charge in [0.05, 0.1) is 0 Å². The second kappa shape index (κ2) is 5.90. The number of likely N-dealkylation sites (tertiary alicyclic amines) is 1. The first-order valence-electron chi connectivity index (χ1n) is 7.19. The van der Waals surface area contributed by atoms with Gasteiger partial charge in [-0.05, 0) is 50.5 Å². The van der Waals surface area contributed by atoms with Crippen molar-refractivity contribution in [2.75, 3.05) is 6.54 Å². The van der Waals surface area contributed by atoms with Crippen molar-refractivity contribution in [2.24, 2.45) is 0 Å². The summed E-state index contributed by atoms with van der Waals surface area (Å²) in [6, 6.07) is 9.23. The number of nitrogens with zero attached hydrogens (tertiary/aromatic N) is 2. The molecule has 0 bridgehead atoms. The summed E-state index contributed by atoms with van der Waals surface area (Å²) < 4.78 is 5.30. The summed E-state index contributed by atoms with van der Waals surface area (Å²) in [6.07, 6.45) is 3.28. The monoisotopic (exact) mass is 304 g/mol. The van der Waals surface area contributed by atoms with Crippen LogP contribution < -0.4 is 0 Å². The van der Waals surface area contributed by atoms with E-state index in [9.17, 15) is 4.79 Å². The Balaban J connectivity index is 1.81. The maximum Gasteiger partial charge on any atom is 0.276 e. The minimum absolute atomic E-state index is 0.0498. The highest BCUT2D eigenvalue weighted by molar-refractivity contribution is 6.30. The zero-order chi connectivity index (χ0) is 14.8. The highest BCUT2D eigenvalue weighted by atomic mass is 35.5. The van der Waals surface area contributed by atoms with Gasteiger partial charge in [0.15, 0.2) is 11.5 Å². The van der Waals surface area contributed by atoms with Gasteiger partial charge in [-0.2, -0.15) is 0 Å². The second-order valence-corrected chi connectivity index (χ2v) is 5.86. The molecule has 0 N–H and O–H groups in total. The third kappa shape index (κ3) is 2.95. The fourth-order valence-electron chi connectivity index (χ4n) is 2.67. The topological polar surface area (TPSA) is 46.3 Å². The van der Waals surface area contributed by atoms with Crippen molar-refractivity contribution in [1.82, 2.24) is 10.1 Å². The van der Waals surface area contributed by atoms with Crippen molar-refractivity contribution in [3.05, 3.63) is 41.0 Å². The number of hydrogen-bond donors (Lipinski definition) is 0. The second-order valence-electron chi connectivity index (χ2n) is 5.43. The summed E-state index contributed by atoms with van der Waals surface area (Å²) in [7, 11) is 0. The predicted molar refractivity (Wildman–Crippen MR) is 81.3 cm³/mol. The SMILES string of the molecule is C[C@H]1CCCCN1C(=O)c1cc(-c2ccc(Cl)cc2)on1. The molecule has 2 heterocycles. The van der Waals surface area contributed by atoms with Crippen LogP contribution in [0.3, 0.4) is 0 Å². The average molecular weight is 305 g/mol. The van der Waals surface area contributed by atoms with E-state index < -0.39 is 0 Å². The van der Waals surface area contributed by atoms with Gasteiger partial charge in [0.2, 0.25) is 0 Å². The van der Waals surface area contributed by atoms with Crippen LogP contribution in [0.1, 0.15) is 36.7 Å². The number of carbonyl (C=O) groups excluding carboxylic acids is 1. The maximum atomic E-state index is 12.5. The van der Waals surface area contributed by atoms with Crippen molar-refractivity contribution in [1.29, 1.82) is 0 Å². The average Bonchev–Trinajstić information content (AvgIpc) is 2.98. The lowest BCUT2D eigenvalue weighted by molar-refractivity contribution is 0.0625. The molecule has 4 nitrogen and oxygen atoms in total. The first-order valence-corrected chi connectivity index (χ1v) is 7.56. The Morgan fingerprint density at radius 2 is 2.10 bits per heavy atom. The van der Waals surface area contributed by atoms with Gasteiger partial charge in [-0.3, -0.25) is 4.79 Å². The maximum absolute atomic E-state index is 12.5. The smallest absolute Gasteiger partial charge is 0.276 e. The summed E-state index contributed by atoms with van der Waals surface area (Å²) >= 11 is 5.87. The third-order valence-corrected chi connectivity index (χ3v) is 4.17. The van der Waals surface area contributed by atoms with Gasteiger partial charge in [0.25, 0.3) is 5.91 Å². The van der Waals surface area contributed by atoms with Gasteiger partial charge in [-0.25, -0.2) is 0 Å². The summed E-state index contributed by atoms with van der Waals surface area (Å²) in [4.78, 5) is 14.4. The van der Waals surface area contributed by atoms with Crippen molar-refractivity contribution in [2.45, 2.75) is 32.2 Å². The highest BCUT2D eigenvalue weighted by Gasteiger charge is 2.26. The van der Waals surface area contributed by atoms with Crippen LogP contribution >= 0.6 is 11.6 Å². The molecule has 1 fully saturated rings. The highest BCUT2D eigenvalue weighted by Crippen LogP contribution is 2.24. The van der Waals surface area contributed by atoms with Gasteiger partial charge < -0.3 is 9.42 Å². The normalized spacial score (nSPS) is 18.8. The fraction of sp³-hybridized carbons (Fsp3) is 0.375. The third-order valence-electron chi connectivity index (χ3n) is 3.92. The van der Waals surface area contributed by atoms with E-state index >= 15 is 0 Å². The Labute approximate surface area is 128 Å². The largest absolute Gasteiger partial charge is 0.355 e. The van der Waals surface area contributed by atoms with Crippen LogP contribution in [0.2, 0.25) is 5.02 Å². The molecule has 1 saturated heterocycles. The van der Waals surface area contributed by atoms with Crippen molar-refractivity contribution in [3.63, 3.8) is 0 Å². The summed E-state index contributed by atoms with van der Waals surface area (Å²) in [5, 5.41) is 4.59. The first-order chi connectivity index (χ1) is 10.1. The number of rotatable bonds is 2. The molecule has 0 saturated carbocycles. The molecule has 0 spiro atoms. The molecule has 2 aromatic rings. The molecule has 1 aromatic heterocycles. The van der Waals surface area contributed by atoms with E-state index in [0.717, 1.165) is 24.9 Å². The standard InChI is InChI=1S/C16H17ClN2O2/c1-11-4-2-3-9-19(11)16(20)14-10-15(21-18-14)12-5-7-13(17)8-6-12/h5-8,10-11H,2-4,9H2,1H3/t11-/m0/s1. The molecule has 3 rings (SSSR count). The molecule has 1 aromatic carbocycles. The van der Waals surface area contributed by atoms with E-state index in [-0.39, 0.29) is 11.9 Å². The first kappa shape index (κ1) is 14.1. The number of hydrogen-bond acceptors (Lipinski definition) is 3. The molecule has 0 aliphatic carbocycles. The van der Waals surface area contributed by atoms with Crippen LogP contribution in [-0.2, 0) is 0 Å². The molecule has 1 aliphatic heterocycles. The summed E-state index contributed by atoms with van der Waals surface area (Å²) in [5.41, 5.74) is 1.23. The Morgan fingerprint density at radius 1 is 1.33 bits per heavy atom. The van der Waals surface area contributed by atoms with Gasteiger partial charge in [-0.1, -0.05) is 16.8 Å². The lowest BCUT2D eigenvalue weighted by Crippen LogP contribution is -2.42. The molecular weight excluding hydrogens is 288 g/mol. The van der Waals surface area contributed by atoms with E-state index in [0.29, 0.717) is 16.5 Å². The summed E-state index contributed by atoms with van der Waals surface area (Å²) in [5.74, 6) is 0.533. The van der Waals surface area contributed by atoms with E-state index in [1.807, 2.05) is 17.0 Å². The van der Waals surface area contributed by atoms with Crippen molar-refractivity contribution in [3.8, 4) is 11.3 Å². The van der Waals surface area contributed by atoms with Gasteiger partial charge in [0.1, 0.15) is 0 Å². The van der Waals surface area contributed by atoms with E-state index in [4.69, 9.17) is 16.1 Å². The van der Waals surface area contributed by atoms with Crippen LogP contribution in [0.25, 0.3) is 11.3 Å². The lowest BCUT2D eigenvalue weighted by Gasteiger charge is -2.32. The molecule has 110 valence electrons. The van der Waals surface area contributed by atoms with Gasteiger partial charge in [-0.15, -0.1) is 0 Å². The van der Waals surface area contributed by atoms with E-state index in [1.165, 1.54) is 6.42 Å². The lowest BCUT2D eigenvalue weighted by atomic mass is 10.0.